The van der Waals surface area contributed by atoms with Gasteiger partial charge in [-0.15, -0.1) is 12.4 Å². The number of benzene rings is 11. The first-order valence-corrected chi connectivity index (χ1v) is 52.0. The van der Waals surface area contributed by atoms with E-state index < -0.39 is 47.5 Å². The standard InChI is InChI=1S/C44H45N5O6.2C29H33NO4.C17H18N4O4.ClH/c50-33-11-13-35-39(25-33)55-27-37(29-4-2-1-3-5-29)41(35)30-6-8-31(9-7-30)47-18-16-28(17-19-47)26-46-20-22-48(23-21-46)32-10-12-34-36(24-32)44(54)49(43(34)53)38-14-15-40(51)45-42(38)52;2*1-32-29(33-2)22-14-16-30(17-15-22)23-10-8-21(9-11-23)28-25-13-12-24(31)18-27(25)34-19-26(28)20-6-4-3-5-7-20;22-14-4-3-13(15(23)19-14)21-16(24)11-2-1-10(9-12(11)17(21)25)20-7-5-18-6-8-20;/h1-13,24-25,28,37-38,41,50H,14-23,26-27H2,(H,45,51,52);2*3-13,18,22,26,28-29,31H,14-17,19H2,1-2H3;1-2,9,13,18H,3-8H2,(H,19,22,23);1H/t37-,38?,41?;2*26-,28?;;/m111../s1. The lowest BCUT2D eigenvalue weighted by Crippen LogP contribution is -2.54. The summed E-state index contributed by atoms with van der Waals surface area (Å²) in [6.07, 6.45) is 6.80. The molecule has 0 spiro atoms. The average molecular weight is 2040 g/mol. The molecule has 11 aromatic carbocycles. The van der Waals surface area contributed by atoms with Gasteiger partial charge in [0.2, 0.25) is 23.6 Å². The minimum Gasteiger partial charge on any atom is -0.508 e. The van der Waals surface area contributed by atoms with E-state index in [0.29, 0.717) is 59.8 Å². The van der Waals surface area contributed by atoms with Crippen molar-refractivity contribution in [3.63, 3.8) is 0 Å². The Morgan fingerprint density at radius 2 is 0.631 bits per heavy atom. The summed E-state index contributed by atoms with van der Waals surface area (Å²) in [7, 11) is 6.88. The monoisotopic (exact) mass is 2040 g/mol. The van der Waals surface area contributed by atoms with E-state index in [9.17, 15) is 53.7 Å². The minimum absolute atomic E-state index is 0. The van der Waals surface area contributed by atoms with Crippen LogP contribution in [0.1, 0.15) is 191 Å². The molecule has 29 nitrogen and oxygen atoms in total. The molecule has 7 saturated heterocycles. The number of carbonyl (C=O) groups is 8. The van der Waals surface area contributed by atoms with Crippen LogP contribution in [0.5, 0.6) is 34.5 Å². The lowest BCUT2D eigenvalue weighted by atomic mass is 9.76. The lowest BCUT2D eigenvalue weighted by molar-refractivity contribution is -0.141. The number of halogens is 1. The maximum atomic E-state index is 13.3. The number of imide groups is 4. The number of rotatable bonds is 21. The molecule has 23 rings (SSSR count). The summed E-state index contributed by atoms with van der Waals surface area (Å²) in [5.74, 6) is 1.69. The highest BCUT2D eigenvalue weighted by Gasteiger charge is 2.48. The lowest BCUT2D eigenvalue weighted by Gasteiger charge is -2.40. The fourth-order valence-corrected chi connectivity index (χ4v) is 24.1. The highest BCUT2D eigenvalue weighted by molar-refractivity contribution is 6.25. The molecular weight excluding hydrogens is 1910 g/mol. The second kappa shape index (κ2) is 46.7. The largest absolute Gasteiger partial charge is 0.508 e. The van der Waals surface area contributed by atoms with Crippen molar-refractivity contribution < 1.29 is 86.8 Å². The number of amides is 8. The number of ether oxygens (including phenoxy) is 7. The highest BCUT2D eigenvalue weighted by Crippen LogP contribution is 2.52. The number of fused-ring (bicyclic) bond motifs is 5. The summed E-state index contributed by atoms with van der Waals surface area (Å²) in [5.41, 5.74) is 17.7. The van der Waals surface area contributed by atoms with Gasteiger partial charge in [0.05, 0.1) is 42.1 Å². The van der Waals surface area contributed by atoms with Crippen molar-refractivity contribution >= 4 is 88.1 Å². The van der Waals surface area contributed by atoms with Gasteiger partial charge >= 0.3 is 0 Å². The van der Waals surface area contributed by atoms with Gasteiger partial charge in [0, 0.05) is 250 Å². The summed E-state index contributed by atoms with van der Waals surface area (Å²) in [5, 5.41) is 37.8. The van der Waals surface area contributed by atoms with E-state index in [4.69, 9.17) is 33.2 Å². The van der Waals surface area contributed by atoms with Crippen LogP contribution in [0.3, 0.4) is 0 Å². The fourth-order valence-electron chi connectivity index (χ4n) is 24.1. The molecule has 8 atom stereocenters. The van der Waals surface area contributed by atoms with Crippen molar-refractivity contribution in [2.24, 2.45) is 17.8 Å². The molecule has 5 unspecified atom stereocenters. The second-order valence-electron chi connectivity index (χ2n) is 40.5. The first kappa shape index (κ1) is 103. The first-order chi connectivity index (χ1) is 72.2. The maximum absolute atomic E-state index is 13.3. The molecule has 30 heteroatoms. The van der Waals surface area contributed by atoms with Gasteiger partial charge in [-0.3, -0.25) is 63.7 Å². The van der Waals surface area contributed by atoms with Gasteiger partial charge < -0.3 is 78.3 Å². The summed E-state index contributed by atoms with van der Waals surface area (Å²) < 4.78 is 40.3. The highest BCUT2D eigenvalue weighted by atomic mass is 35.5. The third-order valence-corrected chi connectivity index (χ3v) is 32.0. The Hall–Kier alpha value is -14.2. The molecule has 8 amide bonds. The van der Waals surface area contributed by atoms with Crippen LogP contribution in [-0.2, 0) is 38.1 Å². The van der Waals surface area contributed by atoms with Gasteiger partial charge in [-0.05, 0) is 182 Å². The normalized spacial score (nSPS) is 22.1. The van der Waals surface area contributed by atoms with E-state index in [-0.39, 0.29) is 115 Å². The van der Waals surface area contributed by atoms with Crippen molar-refractivity contribution in [3.05, 3.63) is 327 Å². The van der Waals surface area contributed by atoms with Crippen molar-refractivity contribution in [2.75, 3.05) is 171 Å². The molecule has 7 fully saturated rings. The number of nitrogens with one attached hydrogen (secondary N) is 3. The molecule has 0 aliphatic carbocycles. The third kappa shape index (κ3) is 22.5. The zero-order valence-corrected chi connectivity index (χ0v) is 85.3. The molecular formula is C119H130ClN11O18. The van der Waals surface area contributed by atoms with Crippen molar-refractivity contribution in [2.45, 2.75) is 124 Å². The molecule has 0 bridgehead atoms. The second-order valence-corrected chi connectivity index (χ2v) is 40.5. The van der Waals surface area contributed by atoms with E-state index in [1.54, 1.807) is 89.1 Å². The van der Waals surface area contributed by atoms with E-state index in [0.717, 1.165) is 192 Å². The SMILES string of the molecule is COC(OC)C1CCN(c2ccc(C3c4ccc(O)cc4OC[C@@H]3c3ccccc3)cc2)CC1.COC(OC)C1CCN(c2ccc(C3c4ccc(O)cc4OC[C@@H]3c3ccccc3)cc2)CC1.Cl.O=C1CCC(N2C(=O)c3ccc(N4CCN(CC5CCN(c6ccc(C7c8ccc(O)cc8OC[C@@H]7c7ccccc7)cc6)CC5)CC4)cc3C2=O)C(=O)N1.O=C1CCC(N2C(=O)c3ccc(N4CCNCC4)cc3C2=O)C(=O)N1. The fraction of sp³-hybridized carbons (Fsp3) is 0.378. The van der Waals surface area contributed by atoms with Gasteiger partial charge in [0.1, 0.15) is 46.6 Å². The van der Waals surface area contributed by atoms with Crippen LogP contribution in [0.2, 0.25) is 0 Å². The molecule has 6 N–H and O–H groups in total. The number of nitrogens with zero attached hydrogens (tertiary/aromatic N) is 8. The van der Waals surface area contributed by atoms with Gasteiger partial charge in [-0.1, -0.05) is 146 Å². The third-order valence-electron chi connectivity index (χ3n) is 32.0. The van der Waals surface area contributed by atoms with E-state index in [1.165, 1.54) is 50.4 Å². The Labute approximate surface area is 875 Å². The van der Waals surface area contributed by atoms with Gasteiger partial charge in [-0.2, -0.15) is 0 Å². The van der Waals surface area contributed by atoms with E-state index >= 15 is 0 Å². The number of methoxy groups -OCH3 is 4. The van der Waals surface area contributed by atoms with E-state index in [1.807, 2.05) is 48.5 Å². The molecule has 0 aromatic heterocycles. The Kier molecular flexibility index (Phi) is 32.4. The molecule has 0 radical (unpaired) electrons. The number of aromatic hydroxyl groups is 3. The summed E-state index contributed by atoms with van der Waals surface area (Å²) in [6.45, 7) is 15.7. The Bertz CT molecular complexity index is 6410. The number of phenols is 3. The molecule has 12 heterocycles. The zero-order chi connectivity index (χ0) is 102. The van der Waals surface area contributed by atoms with Crippen LogP contribution >= 0.6 is 12.4 Å². The summed E-state index contributed by atoms with van der Waals surface area (Å²) >= 11 is 0. The van der Waals surface area contributed by atoms with Crippen LogP contribution in [0.15, 0.2) is 255 Å². The average Bonchev–Trinajstić information content (AvgIpc) is 1.74. The van der Waals surface area contributed by atoms with Crippen molar-refractivity contribution in [1.82, 2.24) is 30.7 Å². The topological polar surface area (TPSA) is 324 Å². The smallest absolute Gasteiger partial charge is 0.262 e. The van der Waals surface area contributed by atoms with E-state index in [2.05, 4.69) is 191 Å². The molecule has 11 aromatic rings. The van der Waals surface area contributed by atoms with Crippen LogP contribution in [0.4, 0.5) is 28.4 Å². The summed E-state index contributed by atoms with van der Waals surface area (Å²) in [4.78, 5) is 116. The Morgan fingerprint density at radius 1 is 0.322 bits per heavy atom. The van der Waals surface area contributed by atoms with Crippen molar-refractivity contribution in [3.8, 4) is 34.5 Å². The van der Waals surface area contributed by atoms with Crippen LogP contribution in [-0.4, -0.2) is 248 Å². The number of carbonyl (C=O) groups excluding carboxylic acids is 8. The number of piperazine rings is 2. The summed E-state index contributed by atoms with van der Waals surface area (Å²) in [6, 6.07) is 84.0. The number of hydrogen-bond acceptors (Lipinski definition) is 25. The molecule has 0 saturated carbocycles. The predicted octanol–water partition coefficient (Wildman–Crippen LogP) is 16.1. The van der Waals surface area contributed by atoms with Crippen LogP contribution in [0.25, 0.3) is 0 Å². The van der Waals surface area contributed by atoms with Crippen molar-refractivity contribution in [1.29, 1.82) is 0 Å². The van der Waals surface area contributed by atoms with Crippen LogP contribution < -0.4 is 54.7 Å². The van der Waals surface area contributed by atoms with Gasteiger partial charge in [0.15, 0.2) is 12.6 Å². The zero-order valence-electron chi connectivity index (χ0n) is 84.5. The van der Waals surface area contributed by atoms with Gasteiger partial charge in [0.25, 0.3) is 23.6 Å². The van der Waals surface area contributed by atoms with Gasteiger partial charge in [-0.25, -0.2) is 0 Å². The molecule has 149 heavy (non-hydrogen) atoms. The van der Waals surface area contributed by atoms with Crippen LogP contribution in [0, 0.1) is 17.8 Å². The first-order valence-electron chi connectivity index (χ1n) is 52.0. The maximum Gasteiger partial charge on any atom is 0.262 e. The number of piperidine rings is 5. The predicted molar refractivity (Wildman–Crippen MR) is 571 cm³/mol. The number of phenolic OH excluding ortho intramolecular Hbond substituents is 3. The number of anilines is 5. The molecule has 12 aliphatic heterocycles. The Balaban J connectivity index is 0.000000130. The Morgan fingerprint density at radius 3 is 0.960 bits per heavy atom. The quantitative estimate of drug-likeness (QED) is 0.0287. The minimum atomic E-state index is -0.962. The molecule has 776 valence electrons. The number of hydrogen-bond donors (Lipinski definition) is 6. The molecule has 12 aliphatic rings.